The summed E-state index contributed by atoms with van der Waals surface area (Å²) in [7, 11) is 1.78. The summed E-state index contributed by atoms with van der Waals surface area (Å²) in [5.41, 5.74) is 5.31. The number of carbonyl (C=O) groups excluding carboxylic acids is 1. The van der Waals surface area contributed by atoms with E-state index in [0.717, 1.165) is 25.9 Å². The number of nitrogens with two attached hydrogens (primary N) is 1. The third-order valence-electron chi connectivity index (χ3n) is 2.34. The maximum absolute atomic E-state index is 11.4. The Labute approximate surface area is 96.5 Å². The number of oxime groups is 1. The van der Waals surface area contributed by atoms with Gasteiger partial charge >= 0.3 is 0 Å². The molecule has 0 aliphatic heterocycles. The van der Waals surface area contributed by atoms with E-state index >= 15 is 0 Å². The van der Waals surface area contributed by atoms with Gasteiger partial charge in [-0.25, -0.2) is 0 Å². The summed E-state index contributed by atoms with van der Waals surface area (Å²) in [5, 5.41) is 14.2. The van der Waals surface area contributed by atoms with E-state index in [1.807, 2.05) is 6.92 Å². The lowest BCUT2D eigenvalue weighted by molar-refractivity contribution is -0.128. The van der Waals surface area contributed by atoms with Crippen molar-refractivity contribution in [3.05, 3.63) is 0 Å². The van der Waals surface area contributed by atoms with Gasteiger partial charge in [0, 0.05) is 20.0 Å². The highest BCUT2D eigenvalue weighted by molar-refractivity contribution is 5.79. The number of rotatable bonds is 8. The number of hydrogen-bond acceptors (Lipinski definition) is 4. The minimum atomic E-state index is 0.0962. The van der Waals surface area contributed by atoms with Crippen molar-refractivity contribution in [2.75, 3.05) is 26.7 Å². The quantitative estimate of drug-likeness (QED) is 0.179. The molecule has 0 atom stereocenters. The van der Waals surface area contributed by atoms with Crippen LogP contribution in [0.25, 0.3) is 0 Å². The van der Waals surface area contributed by atoms with E-state index in [-0.39, 0.29) is 11.7 Å². The van der Waals surface area contributed by atoms with Crippen molar-refractivity contribution in [2.24, 2.45) is 10.9 Å². The molecule has 0 aromatic heterocycles. The van der Waals surface area contributed by atoms with Crippen LogP contribution in [0.1, 0.15) is 26.2 Å². The molecule has 0 rings (SSSR count). The summed E-state index contributed by atoms with van der Waals surface area (Å²) in [6.45, 7) is 3.80. The molecule has 6 nitrogen and oxygen atoms in total. The first-order valence-electron chi connectivity index (χ1n) is 5.52. The first kappa shape index (κ1) is 14.7. The summed E-state index contributed by atoms with van der Waals surface area (Å²) >= 11 is 0. The number of amides is 1. The van der Waals surface area contributed by atoms with Gasteiger partial charge in [-0.3, -0.25) is 4.79 Å². The molecule has 0 aliphatic rings. The lowest BCUT2D eigenvalue weighted by Crippen LogP contribution is -2.35. The van der Waals surface area contributed by atoms with Gasteiger partial charge in [-0.15, -0.1) is 0 Å². The fourth-order valence-electron chi connectivity index (χ4n) is 1.11. The Morgan fingerprint density at radius 1 is 1.50 bits per heavy atom. The molecule has 0 unspecified atom stereocenters. The van der Waals surface area contributed by atoms with Crippen molar-refractivity contribution < 1.29 is 10.0 Å². The topological polar surface area (TPSA) is 91.0 Å². The van der Waals surface area contributed by atoms with Crippen molar-refractivity contribution >= 4 is 11.7 Å². The summed E-state index contributed by atoms with van der Waals surface area (Å²) in [6.07, 6.45) is 2.33. The van der Waals surface area contributed by atoms with Crippen molar-refractivity contribution in [3.63, 3.8) is 0 Å². The molecule has 0 fully saturated rings. The first-order chi connectivity index (χ1) is 7.61. The molecule has 6 heteroatoms. The van der Waals surface area contributed by atoms with Gasteiger partial charge in [0.1, 0.15) is 5.84 Å². The highest BCUT2D eigenvalue weighted by Gasteiger charge is 2.04. The number of unbranched alkanes of at least 4 members (excludes halogenated alkanes) is 1. The molecule has 1 amide bonds. The number of nitrogens with one attached hydrogen (secondary N) is 1. The molecule has 16 heavy (non-hydrogen) atoms. The van der Waals surface area contributed by atoms with Gasteiger partial charge in [-0.1, -0.05) is 5.16 Å². The number of amidine groups is 1. The van der Waals surface area contributed by atoms with E-state index in [1.165, 1.54) is 0 Å². The van der Waals surface area contributed by atoms with Crippen LogP contribution in [0.3, 0.4) is 0 Å². The largest absolute Gasteiger partial charge is 0.409 e. The van der Waals surface area contributed by atoms with E-state index in [1.54, 1.807) is 11.9 Å². The Bertz CT molecular complexity index is 231. The van der Waals surface area contributed by atoms with Crippen molar-refractivity contribution in [1.82, 2.24) is 10.2 Å². The highest BCUT2D eigenvalue weighted by atomic mass is 16.4. The second-order valence-corrected chi connectivity index (χ2v) is 3.63. The van der Waals surface area contributed by atoms with Gasteiger partial charge in [-0.05, 0) is 26.3 Å². The van der Waals surface area contributed by atoms with Gasteiger partial charge < -0.3 is 21.2 Å². The fourth-order valence-corrected chi connectivity index (χ4v) is 1.11. The maximum atomic E-state index is 11.4. The van der Waals surface area contributed by atoms with Gasteiger partial charge in [0.2, 0.25) is 5.91 Å². The Balaban J connectivity index is 3.37. The second kappa shape index (κ2) is 8.96. The summed E-state index contributed by atoms with van der Waals surface area (Å²) < 4.78 is 0. The van der Waals surface area contributed by atoms with E-state index in [9.17, 15) is 4.79 Å². The number of hydrogen-bond donors (Lipinski definition) is 3. The molecule has 0 aromatic rings. The Kier molecular flexibility index (Phi) is 8.24. The standard InChI is InChI=1S/C10H22N4O2/c1-3-14(2)10(15)8-12-7-5-4-6-9(11)13-16/h12,16H,3-8H2,1-2H3,(H2,11,13). The van der Waals surface area contributed by atoms with Crippen molar-refractivity contribution in [3.8, 4) is 0 Å². The van der Waals surface area contributed by atoms with E-state index in [2.05, 4.69) is 10.5 Å². The second-order valence-electron chi connectivity index (χ2n) is 3.63. The van der Waals surface area contributed by atoms with E-state index in [4.69, 9.17) is 10.9 Å². The molecular formula is C10H22N4O2. The normalized spacial score (nSPS) is 11.5. The molecule has 0 aliphatic carbocycles. The van der Waals surface area contributed by atoms with Gasteiger partial charge in [0.05, 0.1) is 6.54 Å². The van der Waals surface area contributed by atoms with Crippen LogP contribution >= 0.6 is 0 Å². The number of nitrogens with zero attached hydrogens (tertiary/aromatic N) is 2. The van der Waals surface area contributed by atoms with Crippen LogP contribution in [-0.2, 0) is 4.79 Å². The van der Waals surface area contributed by atoms with Crippen LogP contribution in [-0.4, -0.2) is 48.5 Å². The number of likely N-dealkylation sites (N-methyl/N-ethyl adjacent to an activating group) is 1. The van der Waals surface area contributed by atoms with Crippen molar-refractivity contribution in [2.45, 2.75) is 26.2 Å². The lowest BCUT2D eigenvalue weighted by Gasteiger charge is -2.14. The van der Waals surface area contributed by atoms with Crippen LogP contribution in [0, 0.1) is 0 Å². The Morgan fingerprint density at radius 2 is 2.19 bits per heavy atom. The average Bonchev–Trinajstić information content (AvgIpc) is 2.31. The molecule has 0 saturated carbocycles. The molecule has 0 radical (unpaired) electrons. The van der Waals surface area contributed by atoms with Gasteiger partial charge in [-0.2, -0.15) is 0 Å². The highest BCUT2D eigenvalue weighted by Crippen LogP contribution is 1.93. The Hall–Kier alpha value is -1.30. The van der Waals surface area contributed by atoms with Gasteiger partial charge in [0.15, 0.2) is 0 Å². The van der Waals surface area contributed by atoms with Gasteiger partial charge in [0.25, 0.3) is 0 Å². The first-order valence-corrected chi connectivity index (χ1v) is 5.52. The SMILES string of the molecule is CCN(C)C(=O)CNCCCCC(N)=NO. The minimum absolute atomic E-state index is 0.0962. The predicted octanol–water partition coefficient (Wildman–Crippen LogP) is -0.0290. The van der Waals surface area contributed by atoms with Crippen LogP contribution in [0.4, 0.5) is 0 Å². The molecule has 0 aromatic carbocycles. The summed E-state index contributed by atoms with van der Waals surface area (Å²) in [6, 6.07) is 0. The van der Waals surface area contributed by atoms with Crippen LogP contribution in [0.2, 0.25) is 0 Å². The molecule has 0 bridgehead atoms. The van der Waals surface area contributed by atoms with Crippen LogP contribution in [0.5, 0.6) is 0 Å². The zero-order valence-corrected chi connectivity index (χ0v) is 10.1. The zero-order valence-electron chi connectivity index (χ0n) is 10.1. The monoisotopic (exact) mass is 230 g/mol. The third kappa shape index (κ3) is 7.05. The van der Waals surface area contributed by atoms with Crippen LogP contribution < -0.4 is 11.1 Å². The molecule has 4 N–H and O–H groups in total. The zero-order chi connectivity index (χ0) is 12.4. The number of carbonyl (C=O) groups is 1. The average molecular weight is 230 g/mol. The van der Waals surface area contributed by atoms with Crippen LogP contribution in [0.15, 0.2) is 5.16 Å². The fraction of sp³-hybridized carbons (Fsp3) is 0.800. The minimum Gasteiger partial charge on any atom is -0.409 e. The maximum Gasteiger partial charge on any atom is 0.236 e. The molecule has 0 heterocycles. The Morgan fingerprint density at radius 3 is 2.75 bits per heavy atom. The smallest absolute Gasteiger partial charge is 0.236 e. The third-order valence-corrected chi connectivity index (χ3v) is 2.34. The lowest BCUT2D eigenvalue weighted by atomic mass is 10.2. The van der Waals surface area contributed by atoms with Crippen molar-refractivity contribution in [1.29, 1.82) is 0 Å². The predicted molar refractivity (Wildman–Crippen MR) is 63.4 cm³/mol. The van der Waals surface area contributed by atoms with E-state index < -0.39 is 0 Å². The molecule has 94 valence electrons. The summed E-state index contributed by atoms with van der Waals surface area (Å²) in [4.78, 5) is 13.0. The molecule has 0 spiro atoms. The summed E-state index contributed by atoms with van der Waals surface area (Å²) in [5.74, 6) is 0.348. The molecular weight excluding hydrogens is 208 g/mol. The molecule has 0 saturated heterocycles. The van der Waals surface area contributed by atoms with E-state index in [0.29, 0.717) is 13.0 Å².